The van der Waals surface area contributed by atoms with Crippen LogP contribution in [-0.2, 0) is 19.1 Å². The van der Waals surface area contributed by atoms with E-state index in [0.717, 1.165) is 54.9 Å². The number of rotatable bonds is 16. The third kappa shape index (κ3) is 11.6. The number of piperazine rings is 1. The Balaban J connectivity index is 0.811. The Hall–Kier alpha value is -5.34. The Morgan fingerprint density at radius 2 is 1.66 bits per heavy atom. The number of nitrogens with one attached hydrogen (secondary N) is 2. The van der Waals surface area contributed by atoms with E-state index < -0.39 is 41.7 Å². The molecule has 2 aromatic carbocycles. The minimum absolute atomic E-state index is 0.0472. The lowest BCUT2D eigenvalue weighted by Gasteiger charge is -2.36. The maximum absolute atomic E-state index is 14.3. The summed E-state index contributed by atoms with van der Waals surface area (Å²) in [6.07, 6.45) is -1.22. The van der Waals surface area contributed by atoms with Crippen molar-refractivity contribution in [2.75, 3.05) is 52.5 Å². The number of ether oxygens (including phenoxy) is 1. The van der Waals surface area contributed by atoms with Gasteiger partial charge in [-0.05, 0) is 68.9 Å². The summed E-state index contributed by atoms with van der Waals surface area (Å²) in [7, 11) is 0. The van der Waals surface area contributed by atoms with Crippen LogP contribution in [0.15, 0.2) is 71.3 Å². The number of likely N-dealkylation sites (tertiary alicyclic amines) is 1. The number of benzene rings is 2. The van der Waals surface area contributed by atoms with Crippen LogP contribution < -0.4 is 10.6 Å². The van der Waals surface area contributed by atoms with Gasteiger partial charge in [-0.1, -0.05) is 75.3 Å². The molecule has 3 aliphatic rings. The first kappa shape index (κ1) is 52.0. The molecular weight excluding hydrogens is 960 g/mol. The van der Waals surface area contributed by atoms with Gasteiger partial charge in [0.05, 0.1) is 53.1 Å². The van der Waals surface area contributed by atoms with E-state index in [9.17, 15) is 24.6 Å². The van der Waals surface area contributed by atoms with E-state index in [-0.39, 0.29) is 44.0 Å². The van der Waals surface area contributed by atoms with Crippen molar-refractivity contribution in [3.63, 3.8) is 0 Å². The summed E-state index contributed by atoms with van der Waals surface area (Å²) in [6, 6.07) is 13.8. The van der Waals surface area contributed by atoms with Gasteiger partial charge in [-0.25, -0.2) is 4.98 Å². The van der Waals surface area contributed by atoms with Gasteiger partial charge >= 0.3 is 0 Å². The highest BCUT2D eigenvalue weighted by atomic mass is 35.5. The first-order chi connectivity index (χ1) is 33.8. The van der Waals surface area contributed by atoms with Crippen molar-refractivity contribution in [1.82, 2.24) is 45.1 Å². The molecule has 2 fully saturated rings. The van der Waals surface area contributed by atoms with Crippen LogP contribution in [0.25, 0.3) is 15.4 Å². The summed E-state index contributed by atoms with van der Waals surface area (Å²) < 4.78 is 7.74. The third-order valence-electron chi connectivity index (χ3n) is 13.7. The highest BCUT2D eigenvalue weighted by Gasteiger charge is 2.43. The maximum atomic E-state index is 14.3. The lowest BCUT2D eigenvalue weighted by molar-refractivity contribution is -0.141. The standard InChI is InChI=1S/C52H65ClN10O6S2/c1-29-33(5)71-51-45(29)46(36-14-16-38(53)17-15-36)56-41(49-59-58-34(6)63(49)51)23-44(67)61-20-18-60(19-21-61)24-40(65)26-69-27-43(66)57-48(52(7,8)9)50(68)62-25-39(64)22-42(62)31(3)55-30(2)35-10-12-37(13-11-35)47-32(4)54-28-70-47/h10-17,28,30,39-42,48,55,64-65H,3,18-27H2,1-2,4-9H3,(H,57,66)/t30-,39+,40-,41-,42-,48+/m0/s1. The number of halogens is 1. The van der Waals surface area contributed by atoms with E-state index in [1.54, 1.807) is 27.6 Å². The van der Waals surface area contributed by atoms with E-state index >= 15 is 0 Å². The Labute approximate surface area is 428 Å². The molecule has 4 N–H and O–H groups in total. The van der Waals surface area contributed by atoms with Crippen molar-refractivity contribution in [3.8, 4) is 15.4 Å². The highest BCUT2D eigenvalue weighted by molar-refractivity contribution is 7.15. The normalized spacial score (nSPS) is 19.6. The molecule has 0 aliphatic carbocycles. The Morgan fingerprint density at radius 3 is 2.32 bits per heavy atom. The van der Waals surface area contributed by atoms with Crippen molar-refractivity contribution >= 4 is 57.7 Å². The van der Waals surface area contributed by atoms with Gasteiger partial charge in [-0.2, -0.15) is 0 Å². The van der Waals surface area contributed by atoms with Crippen LogP contribution >= 0.6 is 34.3 Å². The largest absolute Gasteiger partial charge is 0.391 e. The summed E-state index contributed by atoms with van der Waals surface area (Å²) in [5, 5.41) is 38.7. The molecule has 0 saturated carbocycles. The number of amides is 3. The molecule has 71 heavy (non-hydrogen) atoms. The molecule has 0 bridgehead atoms. The molecule has 6 atom stereocenters. The number of aromatic nitrogens is 4. The molecule has 3 amide bonds. The van der Waals surface area contributed by atoms with Gasteiger partial charge < -0.3 is 35.4 Å². The molecule has 0 spiro atoms. The van der Waals surface area contributed by atoms with Crippen LogP contribution in [0.4, 0.5) is 0 Å². The fourth-order valence-electron chi connectivity index (χ4n) is 9.61. The van der Waals surface area contributed by atoms with E-state index in [0.29, 0.717) is 55.7 Å². The molecule has 8 rings (SSSR count). The molecule has 19 heteroatoms. The summed E-state index contributed by atoms with van der Waals surface area (Å²) in [5.41, 5.74) is 8.72. The molecule has 0 unspecified atom stereocenters. The number of nitrogens with zero attached hydrogens (tertiary/aromatic N) is 8. The predicted octanol–water partition coefficient (Wildman–Crippen LogP) is 6.50. The van der Waals surface area contributed by atoms with Gasteiger partial charge in [0.2, 0.25) is 17.7 Å². The molecule has 3 aliphatic heterocycles. The molecule has 2 saturated heterocycles. The second kappa shape index (κ2) is 21.8. The molecule has 0 radical (unpaired) electrons. The topological polar surface area (TPSA) is 191 Å². The predicted molar refractivity (Wildman–Crippen MR) is 278 cm³/mol. The second-order valence-electron chi connectivity index (χ2n) is 20.0. The second-order valence-corrected chi connectivity index (χ2v) is 22.5. The van der Waals surface area contributed by atoms with Crippen LogP contribution in [0.1, 0.15) is 97.1 Å². The minimum Gasteiger partial charge on any atom is -0.391 e. The number of carbonyl (C=O) groups excluding carboxylic acids is 3. The Morgan fingerprint density at radius 1 is 0.972 bits per heavy atom. The number of aliphatic hydroxyl groups is 2. The lowest BCUT2D eigenvalue weighted by Crippen LogP contribution is -2.57. The molecule has 16 nitrogen and oxygen atoms in total. The first-order valence-corrected chi connectivity index (χ1v) is 26.2. The summed E-state index contributed by atoms with van der Waals surface area (Å²) >= 11 is 9.55. The number of β-amino-alcohol motifs (C(OH)–C–C–N with tert-alkyl or cyclic N) is 2. The van der Waals surface area contributed by atoms with E-state index in [4.69, 9.17) is 21.3 Å². The fourth-order valence-corrected chi connectivity index (χ4v) is 11.8. The number of thiophene rings is 1. The van der Waals surface area contributed by atoms with Gasteiger partial charge in [0.1, 0.15) is 29.5 Å². The molecule has 378 valence electrons. The van der Waals surface area contributed by atoms with Crippen LogP contribution in [0, 0.1) is 33.1 Å². The zero-order valence-corrected chi connectivity index (χ0v) is 44.1. The number of aliphatic imine (C=N–C) groups is 1. The van der Waals surface area contributed by atoms with Crippen molar-refractivity contribution in [2.45, 2.75) is 105 Å². The number of thiazole rings is 1. The van der Waals surface area contributed by atoms with Gasteiger partial charge in [0.25, 0.3) is 0 Å². The van der Waals surface area contributed by atoms with Crippen LogP contribution in [0.3, 0.4) is 0 Å². The first-order valence-electron chi connectivity index (χ1n) is 24.1. The average Bonchev–Trinajstić information content (AvgIpc) is 4.10. The van der Waals surface area contributed by atoms with Gasteiger partial charge in [0.15, 0.2) is 5.82 Å². The zero-order chi connectivity index (χ0) is 50.9. The van der Waals surface area contributed by atoms with Crippen LogP contribution in [0.5, 0.6) is 0 Å². The molecule has 6 heterocycles. The van der Waals surface area contributed by atoms with Gasteiger partial charge in [-0.3, -0.25) is 28.8 Å². The van der Waals surface area contributed by atoms with E-state index in [1.807, 2.05) is 80.8 Å². The van der Waals surface area contributed by atoms with Crippen LogP contribution in [0.2, 0.25) is 5.02 Å². The smallest absolute Gasteiger partial charge is 0.246 e. The molecule has 3 aromatic heterocycles. The van der Waals surface area contributed by atoms with Gasteiger partial charge in [-0.15, -0.1) is 32.9 Å². The van der Waals surface area contributed by atoms with Crippen LogP contribution in [-0.4, -0.2) is 145 Å². The van der Waals surface area contributed by atoms with Crippen molar-refractivity contribution < 1.29 is 29.3 Å². The number of hydrogen-bond acceptors (Lipinski definition) is 14. The zero-order valence-electron chi connectivity index (χ0n) is 41.7. The number of aliphatic hydroxyl groups excluding tert-OH is 2. The monoisotopic (exact) mass is 1020 g/mol. The minimum atomic E-state index is -0.923. The van der Waals surface area contributed by atoms with Crippen molar-refractivity contribution in [1.29, 1.82) is 0 Å². The summed E-state index contributed by atoms with van der Waals surface area (Å²) in [4.78, 5) is 59.1. The fraction of sp³-hybridized carbons (Fsp3) is 0.481. The van der Waals surface area contributed by atoms with Gasteiger partial charge in [0, 0.05) is 78.5 Å². The van der Waals surface area contributed by atoms with Crippen molar-refractivity contribution in [2.24, 2.45) is 10.4 Å². The lowest BCUT2D eigenvalue weighted by atomic mass is 9.85. The number of carbonyl (C=O) groups is 3. The quantitative estimate of drug-likeness (QED) is 0.0845. The Bertz CT molecular complexity index is 2770. The van der Waals surface area contributed by atoms with E-state index in [2.05, 4.69) is 75.4 Å². The Kier molecular flexibility index (Phi) is 16.0. The van der Waals surface area contributed by atoms with E-state index in [1.165, 1.54) is 4.88 Å². The number of fused-ring (bicyclic) bond motifs is 3. The maximum Gasteiger partial charge on any atom is 0.246 e. The molecular formula is C52H65ClN10O6S2. The molecule has 5 aromatic rings. The van der Waals surface area contributed by atoms with Crippen molar-refractivity contribution in [3.05, 3.63) is 116 Å². The summed E-state index contributed by atoms with van der Waals surface area (Å²) in [6.45, 7) is 22.0. The average molecular weight is 1030 g/mol. The SMILES string of the molecule is C=C(N[C@@H](C)c1ccc(-c2scnc2C)cc1)[C@@H]1C[C@@H](O)CN1C(=O)[C@@H](NC(=O)COC[C@@H](O)CN1CCN(C(=O)C[C@@H]2N=C(c3ccc(Cl)cc3)c3c(sc(C)c3C)-n3c(C)nnc32)CC1)C(C)(C)C. The highest BCUT2D eigenvalue weighted by Crippen LogP contribution is 2.40. The number of hydrogen-bond donors (Lipinski definition) is 4. The third-order valence-corrected chi connectivity index (χ3v) is 16.1. The summed E-state index contributed by atoms with van der Waals surface area (Å²) in [5.74, 6) is 0.483. The number of aryl methyl sites for hydroxylation is 3.